The zero-order chi connectivity index (χ0) is 27.1. The maximum atomic E-state index is 13.4. The predicted octanol–water partition coefficient (Wildman–Crippen LogP) is 5.06. The lowest BCUT2D eigenvalue weighted by Gasteiger charge is -2.34. The number of anilines is 2. The average molecular weight is 583 g/mol. The number of fused-ring (bicyclic) bond motifs is 2. The van der Waals surface area contributed by atoms with Gasteiger partial charge in [-0.1, -0.05) is 41.1 Å². The molecule has 0 atom stereocenters. The number of ether oxygens (including phenoxy) is 1. The van der Waals surface area contributed by atoms with E-state index in [4.69, 9.17) is 21.3 Å². The number of hydrogen-bond donors (Lipinski definition) is 0. The van der Waals surface area contributed by atoms with Gasteiger partial charge in [0.2, 0.25) is 0 Å². The molecule has 0 unspecified atom stereocenters. The van der Waals surface area contributed by atoms with Crippen LogP contribution in [0.4, 0.5) is 10.8 Å². The largest absolute Gasteiger partial charge is 0.494 e. The summed E-state index contributed by atoms with van der Waals surface area (Å²) in [5.41, 5.74) is 2.98. The summed E-state index contributed by atoms with van der Waals surface area (Å²) in [4.78, 5) is 22.1. The maximum absolute atomic E-state index is 13.4. The van der Waals surface area contributed by atoms with Crippen LogP contribution < -0.4 is 13.9 Å². The second-order valence-electron chi connectivity index (χ2n) is 9.54. The number of piperazine rings is 1. The number of benzene rings is 3. The summed E-state index contributed by atoms with van der Waals surface area (Å²) in [6.45, 7) is 2.77. The molecule has 8 nitrogen and oxygen atoms in total. The topological polar surface area (TPSA) is 83.0 Å². The van der Waals surface area contributed by atoms with E-state index in [1.807, 2.05) is 36.4 Å². The molecule has 2 aliphatic heterocycles. The molecule has 6 rings (SSSR count). The Labute approximate surface area is 236 Å². The Hall–Kier alpha value is -3.34. The number of aryl methyl sites for hydroxylation is 1. The Morgan fingerprint density at radius 2 is 1.72 bits per heavy atom. The molecule has 0 saturated carbocycles. The molecule has 11 heteroatoms. The van der Waals surface area contributed by atoms with Gasteiger partial charge in [-0.05, 0) is 60.9 Å². The van der Waals surface area contributed by atoms with E-state index in [0.29, 0.717) is 49.1 Å². The van der Waals surface area contributed by atoms with Gasteiger partial charge in [0, 0.05) is 38.3 Å². The second-order valence-corrected chi connectivity index (χ2v) is 12.8. The van der Waals surface area contributed by atoms with Gasteiger partial charge in [-0.2, -0.15) is 0 Å². The van der Waals surface area contributed by atoms with Crippen molar-refractivity contribution in [2.75, 3.05) is 49.0 Å². The molecule has 0 radical (unpaired) electrons. The fourth-order valence-electron chi connectivity index (χ4n) is 5.17. The number of methoxy groups -OCH3 is 1. The molecule has 0 N–H and O–H groups in total. The van der Waals surface area contributed by atoms with Crippen molar-refractivity contribution >= 4 is 59.9 Å². The summed E-state index contributed by atoms with van der Waals surface area (Å²) in [6, 6.07) is 17.5. The van der Waals surface area contributed by atoms with E-state index < -0.39 is 10.0 Å². The number of carbonyl (C=O) groups is 1. The molecule has 1 aromatic heterocycles. The number of sulfonamides is 1. The van der Waals surface area contributed by atoms with Gasteiger partial charge < -0.3 is 14.5 Å². The van der Waals surface area contributed by atoms with Crippen molar-refractivity contribution in [3.8, 4) is 5.75 Å². The fraction of sp³-hybridized carbons (Fsp3) is 0.286. The van der Waals surface area contributed by atoms with E-state index in [2.05, 4.69) is 4.90 Å². The summed E-state index contributed by atoms with van der Waals surface area (Å²) in [6.07, 6.45) is 1.64. The van der Waals surface area contributed by atoms with E-state index in [-0.39, 0.29) is 10.8 Å². The van der Waals surface area contributed by atoms with Gasteiger partial charge in [-0.15, -0.1) is 0 Å². The normalized spacial score (nSPS) is 15.9. The molecule has 4 aromatic rings. The molecule has 0 aliphatic carbocycles. The number of rotatable bonds is 5. The van der Waals surface area contributed by atoms with E-state index in [1.165, 1.54) is 27.8 Å². The van der Waals surface area contributed by atoms with Gasteiger partial charge in [0.1, 0.15) is 11.3 Å². The third-order valence-corrected chi connectivity index (χ3v) is 10.7. The van der Waals surface area contributed by atoms with Crippen molar-refractivity contribution in [1.29, 1.82) is 0 Å². The van der Waals surface area contributed by atoms with Gasteiger partial charge in [-0.3, -0.25) is 9.10 Å². The molecule has 39 heavy (non-hydrogen) atoms. The number of aromatic nitrogens is 1. The number of carbonyl (C=O) groups excluding carboxylic acids is 1. The Morgan fingerprint density at radius 1 is 0.974 bits per heavy atom. The lowest BCUT2D eigenvalue weighted by molar-refractivity contribution is 0.0746. The molecule has 1 amide bonds. The zero-order valence-corrected chi connectivity index (χ0v) is 23.7. The average Bonchev–Trinajstić information content (AvgIpc) is 3.43. The van der Waals surface area contributed by atoms with Crippen molar-refractivity contribution in [1.82, 2.24) is 9.88 Å². The minimum atomic E-state index is -3.72. The van der Waals surface area contributed by atoms with Crippen LogP contribution in [0.3, 0.4) is 0 Å². The molecule has 3 aromatic carbocycles. The molecular formula is C28H27ClN4O4S2. The molecule has 2 aliphatic rings. The van der Waals surface area contributed by atoms with Crippen LogP contribution in [0.2, 0.25) is 5.02 Å². The predicted molar refractivity (Wildman–Crippen MR) is 155 cm³/mol. The van der Waals surface area contributed by atoms with E-state index in [0.717, 1.165) is 39.4 Å². The smallest absolute Gasteiger partial charge is 0.264 e. The minimum absolute atomic E-state index is 0.115. The first-order valence-corrected chi connectivity index (χ1v) is 15.4. The first-order valence-electron chi connectivity index (χ1n) is 12.7. The number of thiazole rings is 1. The zero-order valence-electron chi connectivity index (χ0n) is 21.3. The van der Waals surface area contributed by atoms with Crippen LogP contribution in [-0.2, 0) is 16.4 Å². The first kappa shape index (κ1) is 25.9. The van der Waals surface area contributed by atoms with Crippen LogP contribution in [-0.4, -0.2) is 64.0 Å². The number of hydrogen-bond acceptors (Lipinski definition) is 7. The van der Waals surface area contributed by atoms with Crippen LogP contribution in [0.5, 0.6) is 5.75 Å². The van der Waals surface area contributed by atoms with E-state index in [9.17, 15) is 13.2 Å². The quantitative estimate of drug-likeness (QED) is 0.327. The molecule has 202 valence electrons. The van der Waals surface area contributed by atoms with Gasteiger partial charge in [0.15, 0.2) is 5.13 Å². The summed E-state index contributed by atoms with van der Waals surface area (Å²) in [5.74, 6) is 0.566. The van der Waals surface area contributed by atoms with E-state index >= 15 is 0 Å². The SMILES string of the molecule is COc1ccc(Cl)c2sc(N3CCN(C(=O)c4ccc(S(=O)(=O)N5CCCc6ccccc65)cc4)CC3)nc12. The molecule has 1 saturated heterocycles. The van der Waals surface area contributed by atoms with Crippen LogP contribution in [0, 0.1) is 0 Å². The number of amides is 1. The summed E-state index contributed by atoms with van der Waals surface area (Å²) < 4.78 is 34.7. The fourth-order valence-corrected chi connectivity index (χ4v) is 8.02. The van der Waals surface area contributed by atoms with Crippen LogP contribution in [0.15, 0.2) is 65.6 Å². The number of halogens is 1. The van der Waals surface area contributed by atoms with Gasteiger partial charge in [0.25, 0.3) is 15.9 Å². The van der Waals surface area contributed by atoms with E-state index in [1.54, 1.807) is 24.1 Å². The highest BCUT2D eigenvalue weighted by atomic mass is 35.5. The lowest BCUT2D eigenvalue weighted by atomic mass is 10.0. The van der Waals surface area contributed by atoms with Gasteiger partial charge in [-0.25, -0.2) is 13.4 Å². The number of nitrogens with zero attached hydrogens (tertiary/aromatic N) is 4. The third kappa shape index (κ3) is 4.70. The molecule has 0 bridgehead atoms. The summed E-state index contributed by atoms with van der Waals surface area (Å²) in [5, 5.41) is 1.48. The van der Waals surface area contributed by atoms with Crippen molar-refractivity contribution < 1.29 is 17.9 Å². The second kappa shape index (κ2) is 10.3. The highest BCUT2D eigenvalue weighted by Gasteiger charge is 2.30. The molecule has 0 spiro atoms. The highest BCUT2D eigenvalue weighted by molar-refractivity contribution is 7.92. The Morgan fingerprint density at radius 3 is 2.46 bits per heavy atom. The molecular weight excluding hydrogens is 556 g/mol. The van der Waals surface area contributed by atoms with Crippen LogP contribution in [0.25, 0.3) is 10.2 Å². The Bertz CT molecular complexity index is 1650. The summed E-state index contributed by atoms with van der Waals surface area (Å²) in [7, 11) is -2.11. The first-order chi connectivity index (χ1) is 18.9. The van der Waals surface area contributed by atoms with Gasteiger partial charge in [0.05, 0.1) is 27.4 Å². The lowest BCUT2D eigenvalue weighted by Crippen LogP contribution is -2.48. The number of para-hydroxylation sites is 1. The highest BCUT2D eigenvalue weighted by Crippen LogP contribution is 2.39. The maximum Gasteiger partial charge on any atom is 0.264 e. The van der Waals surface area contributed by atoms with Gasteiger partial charge >= 0.3 is 0 Å². The Kier molecular flexibility index (Phi) is 6.86. The van der Waals surface area contributed by atoms with Crippen molar-refractivity contribution in [3.05, 3.63) is 76.8 Å². The minimum Gasteiger partial charge on any atom is -0.494 e. The Balaban J connectivity index is 1.14. The standard InChI is InChI=1S/C28H27ClN4O4S2/c1-37-24-13-12-22(29)26-25(24)30-28(38-26)32-17-15-31(16-18-32)27(34)20-8-10-21(11-9-20)39(35,36)33-14-4-6-19-5-2-3-7-23(19)33/h2-3,5,7-13H,4,6,14-18H2,1H3. The van der Waals surface area contributed by atoms with Crippen molar-refractivity contribution in [3.63, 3.8) is 0 Å². The van der Waals surface area contributed by atoms with Crippen LogP contribution in [0.1, 0.15) is 22.3 Å². The monoisotopic (exact) mass is 582 g/mol. The molecule has 3 heterocycles. The van der Waals surface area contributed by atoms with Crippen molar-refractivity contribution in [2.45, 2.75) is 17.7 Å². The van der Waals surface area contributed by atoms with Crippen molar-refractivity contribution in [2.24, 2.45) is 0 Å². The molecule has 1 fully saturated rings. The summed E-state index contributed by atoms with van der Waals surface area (Å²) >= 11 is 7.90. The third-order valence-electron chi connectivity index (χ3n) is 7.26. The van der Waals surface area contributed by atoms with Crippen LogP contribution >= 0.6 is 22.9 Å².